The van der Waals surface area contributed by atoms with Gasteiger partial charge >= 0.3 is 0 Å². The lowest BCUT2D eigenvalue weighted by Crippen LogP contribution is -2.41. The first-order valence-corrected chi connectivity index (χ1v) is 6.51. The van der Waals surface area contributed by atoms with Crippen molar-refractivity contribution in [2.75, 3.05) is 0 Å². The van der Waals surface area contributed by atoms with Gasteiger partial charge in [0.05, 0.1) is 11.6 Å². The molecular formula is C15H18N2O. The van der Waals surface area contributed by atoms with Crippen LogP contribution in [0.15, 0.2) is 24.3 Å². The lowest BCUT2D eigenvalue weighted by atomic mass is 9.86. The van der Waals surface area contributed by atoms with Crippen LogP contribution in [0.5, 0.6) is 0 Å². The molecule has 1 saturated carbocycles. The molecular weight excluding hydrogens is 224 g/mol. The number of amides is 1. The first kappa shape index (κ1) is 12.6. The molecule has 1 aliphatic rings. The number of carbonyl (C=O) groups excluding carboxylic acids is 1. The van der Waals surface area contributed by atoms with E-state index in [4.69, 9.17) is 5.26 Å². The summed E-state index contributed by atoms with van der Waals surface area (Å²) in [5.74, 6) is 0.479. The average molecular weight is 242 g/mol. The van der Waals surface area contributed by atoms with E-state index in [-0.39, 0.29) is 11.9 Å². The van der Waals surface area contributed by atoms with Crippen LogP contribution in [0.4, 0.5) is 0 Å². The summed E-state index contributed by atoms with van der Waals surface area (Å²) in [6.45, 7) is 2.19. The van der Waals surface area contributed by atoms with Crippen LogP contribution < -0.4 is 5.32 Å². The van der Waals surface area contributed by atoms with Crippen LogP contribution in [-0.2, 0) is 0 Å². The first-order chi connectivity index (χ1) is 8.70. The van der Waals surface area contributed by atoms with Crippen LogP contribution >= 0.6 is 0 Å². The fourth-order valence-corrected chi connectivity index (χ4v) is 2.51. The number of nitrogens with one attached hydrogen (secondary N) is 1. The molecule has 0 aromatic heterocycles. The molecule has 1 aliphatic carbocycles. The SMILES string of the molecule is C[C@@H]1CCCC[C@@H]1NC(=O)c1cccc(C#N)c1. The van der Waals surface area contributed by atoms with E-state index in [1.165, 1.54) is 19.3 Å². The van der Waals surface area contributed by atoms with Crippen molar-refractivity contribution in [1.29, 1.82) is 5.26 Å². The quantitative estimate of drug-likeness (QED) is 0.867. The van der Waals surface area contributed by atoms with Gasteiger partial charge in [-0.3, -0.25) is 4.79 Å². The van der Waals surface area contributed by atoms with E-state index in [1.54, 1.807) is 24.3 Å². The van der Waals surface area contributed by atoms with Gasteiger partial charge in [-0.25, -0.2) is 0 Å². The van der Waals surface area contributed by atoms with Crippen LogP contribution in [0.3, 0.4) is 0 Å². The average Bonchev–Trinajstić information content (AvgIpc) is 2.41. The fourth-order valence-electron chi connectivity index (χ4n) is 2.51. The van der Waals surface area contributed by atoms with Gasteiger partial charge in [-0.15, -0.1) is 0 Å². The van der Waals surface area contributed by atoms with E-state index >= 15 is 0 Å². The predicted molar refractivity (Wildman–Crippen MR) is 70.0 cm³/mol. The highest BCUT2D eigenvalue weighted by Gasteiger charge is 2.23. The monoisotopic (exact) mass is 242 g/mol. The molecule has 0 radical (unpaired) electrons. The highest BCUT2D eigenvalue weighted by Crippen LogP contribution is 2.24. The Morgan fingerprint density at radius 2 is 2.17 bits per heavy atom. The van der Waals surface area contributed by atoms with E-state index in [0.29, 0.717) is 17.0 Å². The molecule has 1 fully saturated rings. The second-order valence-corrected chi connectivity index (χ2v) is 5.03. The van der Waals surface area contributed by atoms with Crippen molar-refractivity contribution in [2.45, 2.75) is 38.6 Å². The molecule has 3 nitrogen and oxygen atoms in total. The maximum Gasteiger partial charge on any atom is 0.251 e. The Labute approximate surface area is 108 Å². The molecule has 94 valence electrons. The normalized spacial score (nSPS) is 23.1. The van der Waals surface area contributed by atoms with Crippen molar-refractivity contribution in [3.05, 3.63) is 35.4 Å². The number of carbonyl (C=O) groups is 1. The molecule has 0 spiro atoms. The second-order valence-electron chi connectivity index (χ2n) is 5.03. The standard InChI is InChI=1S/C15H18N2O/c1-11-5-2-3-8-14(11)17-15(18)13-7-4-6-12(9-13)10-16/h4,6-7,9,11,14H,2-3,5,8H2,1H3,(H,17,18)/t11-,14+/m1/s1. The van der Waals surface area contributed by atoms with Crippen molar-refractivity contribution in [1.82, 2.24) is 5.32 Å². The van der Waals surface area contributed by atoms with Gasteiger partial charge in [0.15, 0.2) is 0 Å². The minimum absolute atomic E-state index is 0.0640. The van der Waals surface area contributed by atoms with Crippen LogP contribution in [0.1, 0.15) is 48.5 Å². The summed E-state index contributed by atoms with van der Waals surface area (Å²) in [6, 6.07) is 9.18. The van der Waals surface area contributed by atoms with E-state index in [1.807, 2.05) is 0 Å². The molecule has 1 N–H and O–H groups in total. The van der Waals surface area contributed by atoms with Gasteiger partial charge in [-0.2, -0.15) is 5.26 Å². The zero-order valence-electron chi connectivity index (χ0n) is 10.6. The summed E-state index contributed by atoms with van der Waals surface area (Å²) in [6.07, 6.45) is 4.69. The van der Waals surface area contributed by atoms with Crippen LogP contribution in [0.25, 0.3) is 0 Å². The molecule has 2 atom stereocenters. The van der Waals surface area contributed by atoms with Gasteiger partial charge in [0.25, 0.3) is 5.91 Å². The molecule has 3 heteroatoms. The largest absolute Gasteiger partial charge is 0.349 e. The maximum absolute atomic E-state index is 12.1. The van der Waals surface area contributed by atoms with E-state index in [9.17, 15) is 4.79 Å². The zero-order valence-corrected chi connectivity index (χ0v) is 10.6. The number of hydrogen-bond donors (Lipinski definition) is 1. The summed E-state index contributed by atoms with van der Waals surface area (Å²) >= 11 is 0. The van der Waals surface area contributed by atoms with Crippen LogP contribution in [0.2, 0.25) is 0 Å². The van der Waals surface area contributed by atoms with Gasteiger partial charge < -0.3 is 5.32 Å². The summed E-state index contributed by atoms with van der Waals surface area (Å²) in [7, 11) is 0. The maximum atomic E-state index is 12.1. The lowest BCUT2D eigenvalue weighted by Gasteiger charge is -2.29. The molecule has 18 heavy (non-hydrogen) atoms. The summed E-state index contributed by atoms with van der Waals surface area (Å²) in [5, 5.41) is 11.9. The third-order valence-corrected chi connectivity index (χ3v) is 3.68. The number of hydrogen-bond acceptors (Lipinski definition) is 2. The van der Waals surface area contributed by atoms with Crippen molar-refractivity contribution < 1.29 is 4.79 Å². The Hall–Kier alpha value is -1.82. The molecule has 1 aromatic carbocycles. The van der Waals surface area contributed by atoms with Crippen molar-refractivity contribution in [3.8, 4) is 6.07 Å². The van der Waals surface area contributed by atoms with Gasteiger partial charge in [0, 0.05) is 11.6 Å². The smallest absolute Gasteiger partial charge is 0.251 e. The fraction of sp³-hybridized carbons (Fsp3) is 0.467. The van der Waals surface area contributed by atoms with E-state index in [0.717, 1.165) is 6.42 Å². The van der Waals surface area contributed by atoms with Crippen LogP contribution in [0, 0.1) is 17.2 Å². The van der Waals surface area contributed by atoms with Crippen molar-refractivity contribution >= 4 is 5.91 Å². The number of benzene rings is 1. The summed E-state index contributed by atoms with van der Waals surface area (Å²) in [4.78, 5) is 12.1. The summed E-state index contributed by atoms with van der Waals surface area (Å²) in [5.41, 5.74) is 1.10. The second kappa shape index (κ2) is 5.68. The van der Waals surface area contributed by atoms with Gasteiger partial charge in [-0.05, 0) is 37.0 Å². The van der Waals surface area contributed by atoms with Gasteiger partial charge in [0.1, 0.15) is 0 Å². The molecule has 1 amide bonds. The molecule has 0 saturated heterocycles. The molecule has 0 heterocycles. The van der Waals surface area contributed by atoms with Gasteiger partial charge in [0.2, 0.25) is 0 Å². The van der Waals surface area contributed by atoms with Crippen molar-refractivity contribution in [2.24, 2.45) is 5.92 Å². The molecule has 0 bridgehead atoms. The Morgan fingerprint density at radius 1 is 1.39 bits per heavy atom. The van der Waals surface area contributed by atoms with E-state index < -0.39 is 0 Å². The third kappa shape index (κ3) is 2.89. The zero-order chi connectivity index (χ0) is 13.0. The minimum atomic E-state index is -0.0640. The lowest BCUT2D eigenvalue weighted by molar-refractivity contribution is 0.0910. The molecule has 1 aromatic rings. The molecule has 0 unspecified atom stereocenters. The Bertz CT molecular complexity index is 476. The highest BCUT2D eigenvalue weighted by molar-refractivity contribution is 5.94. The molecule has 0 aliphatic heterocycles. The number of rotatable bonds is 2. The Balaban J connectivity index is 2.05. The van der Waals surface area contributed by atoms with Gasteiger partial charge in [-0.1, -0.05) is 25.8 Å². The predicted octanol–water partition coefficient (Wildman–Crippen LogP) is 2.87. The van der Waals surface area contributed by atoms with Crippen molar-refractivity contribution in [3.63, 3.8) is 0 Å². The van der Waals surface area contributed by atoms with Crippen LogP contribution in [-0.4, -0.2) is 11.9 Å². The Kier molecular flexibility index (Phi) is 3.99. The number of nitriles is 1. The first-order valence-electron chi connectivity index (χ1n) is 6.51. The Morgan fingerprint density at radius 3 is 2.89 bits per heavy atom. The number of nitrogens with zero attached hydrogens (tertiary/aromatic N) is 1. The minimum Gasteiger partial charge on any atom is -0.349 e. The topological polar surface area (TPSA) is 52.9 Å². The summed E-state index contributed by atoms with van der Waals surface area (Å²) < 4.78 is 0. The third-order valence-electron chi connectivity index (χ3n) is 3.68. The highest BCUT2D eigenvalue weighted by atomic mass is 16.1. The molecule has 2 rings (SSSR count). The van der Waals surface area contributed by atoms with E-state index in [2.05, 4.69) is 18.3 Å².